The van der Waals surface area contributed by atoms with Gasteiger partial charge in [-0.2, -0.15) is 0 Å². The van der Waals surface area contributed by atoms with E-state index in [-0.39, 0.29) is 11.4 Å². The first-order valence-electron chi connectivity index (χ1n) is 4.91. The number of anilines is 1. The molecule has 0 saturated carbocycles. The Morgan fingerprint density at radius 3 is 2.53 bits per heavy atom. The molecule has 0 spiro atoms. The Morgan fingerprint density at radius 1 is 1.33 bits per heavy atom. The van der Waals surface area contributed by atoms with Gasteiger partial charge in [-0.15, -0.1) is 0 Å². The molecule has 1 aromatic rings. The fourth-order valence-electron chi connectivity index (χ4n) is 1.85. The Balaban J connectivity index is 2.29. The van der Waals surface area contributed by atoms with Crippen molar-refractivity contribution >= 4 is 11.4 Å². The summed E-state index contributed by atoms with van der Waals surface area (Å²) >= 11 is 0. The second kappa shape index (κ2) is 3.76. The van der Waals surface area contributed by atoms with Crippen LogP contribution >= 0.6 is 0 Å². The zero-order valence-corrected chi connectivity index (χ0v) is 8.22. The third-order valence-electron chi connectivity index (χ3n) is 2.62. The number of phenolic OH excluding ortho intramolecular Hbond substituents is 1. The number of benzene rings is 1. The number of nitro groups is 1. The number of aromatic hydroxyl groups is 1. The number of phenols is 1. The summed E-state index contributed by atoms with van der Waals surface area (Å²) in [5.41, 5.74) is 0.619. The Hall–Kier alpha value is -1.78. The molecule has 1 aromatic carbocycles. The maximum Gasteiger partial charge on any atom is 0.273 e. The molecule has 0 bridgehead atoms. The number of hydrogen-bond donors (Lipinski definition) is 1. The minimum absolute atomic E-state index is 0.00824. The van der Waals surface area contributed by atoms with Gasteiger partial charge in [0.05, 0.1) is 16.7 Å². The van der Waals surface area contributed by atoms with E-state index in [0.717, 1.165) is 25.9 Å². The van der Waals surface area contributed by atoms with Crippen molar-refractivity contribution in [3.05, 3.63) is 28.3 Å². The highest BCUT2D eigenvalue weighted by molar-refractivity contribution is 5.62. The van der Waals surface area contributed by atoms with Crippen LogP contribution in [-0.2, 0) is 0 Å². The summed E-state index contributed by atoms with van der Waals surface area (Å²) < 4.78 is 0. The Morgan fingerprint density at radius 2 is 2.00 bits per heavy atom. The van der Waals surface area contributed by atoms with Crippen molar-refractivity contribution in [3.8, 4) is 5.75 Å². The summed E-state index contributed by atoms with van der Waals surface area (Å²) in [7, 11) is 0. The molecular weight excluding hydrogens is 196 g/mol. The molecule has 1 N–H and O–H groups in total. The molecule has 1 aliphatic rings. The van der Waals surface area contributed by atoms with Crippen LogP contribution in [0.15, 0.2) is 18.2 Å². The van der Waals surface area contributed by atoms with Gasteiger partial charge in [0.2, 0.25) is 0 Å². The van der Waals surface area contributed by atoms with Crippen molar-refractivity contribution in [2.24, 2.45) is 0 Å². The molecule has 1 fully saturated rings. The zero-order chi connectivity index (χ0) is 10.8. The van der Waals surface area contributed by atoms with Gasteiger partial charge in [-0.25, -0.2) is 0 Å². The van der Waals surface area contributed by atoms with Gasteiger partial charge in [0.1, 0.15) is 5.75 Å². The number of rotatable bonds is 2. The monoisotopic (exact) mass is 208 g/mol. The van der Waals surface area contributed by atoms with Gasteiger partial charge in [-0.1, -0.05) is 0 Å². The maximum absolute atomic E-state index is 10.5. The molecule has 2 rings (SSSR count). The molecule has 80 valence electrons. The lowest BCUT2D eigenvalue weighted by atomic mass is 10.2. The van der Waals surface area contributed by atoms with Crippen molar-refractivity contribution in [3.63, 3.8) is 0 Å². The number of nitro benzene ring substituents is 1. The molecule has 1 saturated heterocycles. The number of hydrogen-bond acceptors (Lipinski definition) is 4. The molecule has 0 atom stereocenters. The Kier molecular flexibility index (Phi) is 2.45. The van der Waals surface area contributed by atoms with Crippen LogP contribution < -0.4 is 4.90 Å². The SMILES string of the molecule is O=[N+]([O-])c1ccc(N2CCCC2)c(O)c1. The predicted molar refractivity (Wildman–Crippen MR) is 56.2 cm³/mol. The average molecular weight is 208 g/mol. The van der Waals surface area contributed by atoms with Crippen LogP contribution in [0.2, 0.25) is 0 Å². The Bertz CT molecular complexity index is 386. The second-order valence-electron chi connectivity index (χ2n) is 3.62. The van der Waals surface area contributed by atoms with E-state index in [4.69, 9.17) is 0 Å². The van der Waals surface area contributed by atoms with Crippen LogP contribution in [-0.4, -0.2) is 23.1 Å². The first kappa shape index (κ1) is 9.76. The van der Waals surface area contributed by atoms with E-state index in [1.807, 2.05) is 4.90 Å². The van der Waals surface area contributed by atoms with Crippen LogP contribution in [0, 0.1) is 10.1 Å². The summed E-state index contributed by atoms with van der Waals surface area (Å²) in [4.78, 5) is 12.0. The highest BCUT2D eigenvalue weighted by atomic mass is 16.6. The topological polar surface area (TPSA) is 66.6 Å². The van der Waals surface area contributed by atoms with Crippen molar-refractivity contribution in [1.29, 1.82) is 0 Å². The lowest BCUT2D eigenvalue weighted by molar-refractivity contribution is -0.384. The van der Waals surface area contributed by atoms with Gasteiger partial charge in [0.25, 0.3) is 5.69 Å². The molecular formula is C10H12N2O3. The smallest absolute Gasteiger partial charge is 0.273 e. The third kappa shape index (κ3) is 1.86. The van der Waals surface area contributed by atoms with Crippen LogP contribution in [0.1, 0.15) is 12.8 Å². The van der Waals surface area contributed by atoms with Crippen molar-refractivity contribution in [1.82, 2.24) is 0 Å². The highest BCUT2D eigenvalue weighted by Crippen LogP contribution is 2.32. The second-order valence-corrected chi connectivity index (χ2v) is 3.62. The van der Waals surface area contributed by atoms with E-state index in [1.54, 1.807) is 6.07 Å². The van der Waals surface area contributed by atoms with E-state index in [0.29, 0.717) is 5.69 Å². The molecule has 1 heterocycles. The van der Waals surface area contributed by atoms with Gasteiger partial charge in [0, 0.05) is 19.2 Å². The molecule has 0 aromatic heterocycles. The Labute approximate surface area is 87.1 Å². The highest BCUT2D eigenvalue weighted by Gasteiger charge is 2.17. The largest absolute Gasteiger partial charge is 0.506 e. The predicted octanol–water partition coefficient (Wildman–Crippen LogP) is 1.90. The van der Waals surface area contributed by atoms with Crippen LogP contribution in [0.3, 0.4) is 0 Å². The summed E-state index contributed by atoms with van der Waals surface area (Å²) in [5.74, 6) is -0.00824. The van der Waals surface area contributed by atoms with Gasteiger partial charge >= 0.3 is 0 Å². The molecule has 0 unspecified atom stereocenters. The summed E-state index contributed by atoms with van der Waals surface area (Å²) in [6.45, 7) is 1.82. The van der Waals surface area contributed by atoms with Crippen molar-refractivity contribution in [2.75, 3.05) is 18.0 Å². The fourth-order valence-corrected chi connectivity index (χ4v) is 1.85. The molecule has 0 aliphatic carbocycles. The van der Waals surface area contributed by atoms with Gasteiger partial charge < -0.3 is 10.0 Å². The number of nitrogens with zero attached hydrogens (tertiary/aromatic N) is 2. The first-order chi connectivity index (χ1) is 7.18. The molecule has 5 nitrogen and oxygen atoms in total. The van der Waals surface area contributed by atoms with Crippen molar-refractivity contribution < 1.29 is 10.0 Å². The van der Waals surface area contributed by atoms with Crippen LogP contribution in [0.4, 0.5) is 11.4 Å². The fraction of sp³-hybridized carbons (Fsp3) is 0.400. The first-order valence-corrected chi connectivity index (χ1v) is 4.91. The van der Waals surface area contributed by atoms with E-state index < -0.39 is 4.92 Å². The minimum atomic E-state index is -0.506. The molecule has 5 heteroatoms. The molecule has 1 aliphatic heterocycles. The van der Waals surface area contributed by atoms with E-state index >= 15 is 0 Å². The standard InChI is InChI=1S/C10H12N2O3/c13-10-7-8(12(14)15)3-4-9(10)11-5-1-2-6-11/h3-4,7,13H,1-2,5-6H2. The maximum atomic E-state index is 10.5. The minimum Gasteiger partial charge on any atom is -0.506 e. The van der Waals surface area contributed by atoms with Gasteiger partial charge in [-0.05, 0) is 18.9 Å². The molecule has 15 heavy (non-hydrogen) atoms. The quantitative estimate of drug-likeness (QED) is 0.595. The molecule has 0 amide bonds. The zero-order valence-electron chi connectivity index (χ0n) is 8.22. The summed E-state index contributed by atoms with van der Waals surface area (Å²) in [5, 5.41) is 20.1. The van der Waals surface area contributed by atoms with E-state index in [2.05, 4.69) is 0 Å². The van der Waals surface area contributed by atoms with Crippen molar-refractivity contribution in [2.45, 2.75) is 12.8 Å². The van der Waals surface area contributed by atoms with E-state index in [9.17, 15) is 15.2 Å². The summed E-state index contributed by atoms with van der Waals surface area (Å²) in [6, 6.07) is 4.24. The lowest BCUT2D eigenvalue weighted by Gasteiger charge is -2.18. The van der Waals surface area contributed by atoms with Crippen LogP contribution in [0.5, 0.6) is 5.75 Å². The third-order valence-corrected chi connectivity index (χ3v) is 2.62. The number of non-ortho nitro benzene ring substituents is 1. The van der Waals surface area contributed by atoms with E-state index in [1.165, 1.54) is 12.1 Å². The lowest BCUT2D eigenvalue weighted by Crippen LogP contribution is -2.17. The average Bonchev–Trinajstić information content (AvgIpc) is 2.70. The normalized spacial score (nSPS) is 15.6. The van der Waals surface area contributed by atoms with Crippen LogP contribution in [0.25, 0.3) is 0 Å². The molecule has 0 radical (unpaired) electrons. The van der Waals surface area contributed by atoms with Gasteiger partial charge in [0.15, 0.2) is 0 Å². The van der Waals surface area contributed by atoms with Gasteiger partial charge in [-0.3, -0.25) is 10.1 Å². The summed E-state index contributed by atoms with van der Waals surface area (Å²) in [6.07, 6.45) is 2.22.